The summed E-state index contributed by atoms with van der Waals surface area (Å²) in [5.74, 6) is 0.359. The van der Waals surface area contributed by atoms with E-state index in [1.165, 1.54) is 11.8 Å². The van der Waals surface area contributed by atoms with Crippen molar-refractivity contribution in [2.24, 2.45) is 5.92 Å². The van der Waals surface area contributed by atoms with Crippen molar-refractivity contribution in [1.29, 1.82) is 0 Å². The molecule has 1 aliphatic heterocycles. The van der Waals surface area contributed by atoms with Gasteiger partial charge in [0, 0.05) is 17.5 Å². The molecule has 2 N–H and O–H groups in total. The van der Waals surface area contributed by atoms with E-state index >= 15 is 0 Å². The molecule has 1 heterocycles. The summed E-state index contributed by atoms with van der Waals surface area (Å²) < 4.78 is 27.8. The summed E-state index contributed by atoms with van der Waals surface area (Å²) in [6, 6.07) is 7.08. The van der Waals surface area contributed by atoms with Gasteiger partial charge in [-0.3, -0.25) is 0 Å². The van der Waals surface area contributed by atoms with Crippen molar-refractivity contribution in [2.45, 2.75) is 29.2 Å². The van der Waals surface area contributed by atoms with Gasteiger partial charge in [-0.2, -0.15) is 0 Å². The number of benzene rings is 1. The van der Waals surface area contributed by atoms with E-state index in [0.717, 1.165) is 17.9 Å². The summed E-state index contributed by atoms with van der Waals surface area (Å²) in [6.07, 6.45) is 2.89. The number of halogens is 1. The summed E-state index contributed by atoms with van der Waals surface area (Å²) in [4.78, 5) is 1.16. The molecule has 0 bridgehead atoms. The number of rotatable bonds is 4. The average molecular weight is 337 g/mol. The maximum atomic E-state index is 12.5. The third kappa shape index (κ3) is 4.11. The van der Waals surface area contributed by atoms with Gasteiger partial charge in [-0.1, -0.05) is 19.1 Å². The van der Waals surface area contributed by atoms with Crippen molar-refractivity contribution >= 4 is 34.2 Å². The molecular formula is C13H21ClN2O2S2. The van der Waals surface area contributed by atoms with E-state index < -0.39 is 10.0 Å². The summed E-state index contributed by atoms with van der Waals surface area (Å²) in [5, 5.41) is 3.24. The van der Waals surface area contributed by atoms with Gasteiger partial charge in [0.1, 0.15) is 0 Å². The highest BCUT2D eigenvalue weighted by Gasteiger charge is 2.27. The van der Waals surface area contributed by atoms with E-state index in [1.807, 2.05) is 18.4 Å². The van der Waals surface area contributed by atoms with E-state index in [-0.39, 0.29) is 18.4 Å². The van der Waals surface area contributed by atoms with Crippen molar-refractivity contribution in [2.75, 3.05) is 19.3 Å². The van der Waals surface area contributed by atoms with E-state index in [0.29, 0.717) is 17.4 Å². The molecular weight excluding hydrogens is 316 g/mol. The van der Waals surface area contributed by atoms with Gasteiger partial charge in [0.05, 0.1) is 4.90 Å². The molecule has 2 atom stereocenters. The molecule has 0 spiro atoms. The van der Waals surface area contributed by atoms with Crippen LogP contribution in [-0.4, -0.2) is 33.8 Å². The Bertz CT molecular complexity index is 537. The van der Waals surface area contributed by atoms with Crippen LogP contribution in [0.3, 0.4) is 0 Å². The quantitative estimate of drug-likeness (QED) is 0.827. The highest BCUT2D eigenvalue weighted by molar-refractivity contribution is 7.99. The first kappa shape index (κ1) is 17.8. The van der Waals surface area contributed by atoms with Crippen LogP contribution in [0, 0.1) is 5.92 Å². The maximum absolute atomic E-state index is 12.5. The molecule has 0 amide bonds. The third-order valence-electron chi connectivity index (χ3n) is 3.49. The van der Waals surface area contributed by atoms with Crippen LogP contribution < -0.4 is 10.0 Å². The molecule has 1 aliphatic rings. The van der Waals surface area contributed by atoms with Crippen molar-refractivity contribution in [3.63, 3.8) is 0 Å². The molecule has 7 heteroatoms. The Hall–Kier alpha value is -0.270. The Kier molecular flexibility index (Phi) is 6.81. The zero-order chi connectivity index (χ0) is 13.9. The van der Waals surface area contributed by atoms with Gasteiger partial charge in [-0.25, -0.2) is 13.1 Å². The number of sulfonamides is 1. The maximum Gasteiger partial charge on any atom is 0.241 e. The summed E-state index contributed by atoms with van der Waals surface area (Å²) >= 11 is 1.45. The Morgan fingerprint density at radius 3 is 2.70 bits per heavy atom. The van der Waals surface area contributed by atoms with Gasteiger partial charge >= 0.3 is 0 Å². The van der Waals surface area contributed by atoms with Crippen LogP contribution in [0.5, 0.6) is 0 Å². The van der Waals surface area contributed by atoms with Crippen molar-refractivity contribution in [3.05, 3.63) is 24.3 Å². The summed E-state index contributed by atoms with van der Waals surface area (Å²) in [6.45, 7) is 3.75. The lowest BCUT2D eigenvalue weighted by Crippen LogP contribution is -2.50. The molecule has 1 aromatic carbocycles. The number of piperidine rings is 1. The van der Waals surface area contributed by atoms with Crippen LogP contribution in [0.2, 0.25) is 0 Å². The molecule has 0 aromatic heterocycles. The fraction of sp³-hybridized carbons (Fsp3) is 0.538. The Morgan fingerprint density at radius 2 is 2.05 bits per heavy atom. The first-order chi connectivity index (χ1) is 9.04. The fourth-order valence-electron chi connectivity index (χ4n) is 2.25. The Balaban J connectivity index is 0.00000200. The van der Waals surface area contributed by atoms with Gasteiger partial charge in [0.25, 0.3) is 0 Å². The van der Waals surface area contributed by atoms with E-state index in [1.54, 1.807) is 12.1 Å². The molecule has 20 heavy (non-hydrogen) atoms. The van der Waals surface area contributed by atoms with Crippen molar-refractivity contribution in [3.8, 4) is 0 Å². The zero-order valence-corrected chi connectivity index (χ0v) is 14.1. The topological polar surface area (TPSA) is 58.2 Å². The number of nitrogens with one attached hydrogen (secondary N) is 2. The largest absolute Gasteiger partial charge is 0.315 e. The molecule has 0 aliphatic carbocycles. The average Bonchev–Trinajstić information content (AvgIpc) is 2.41. The lowest BCUT2D eigenvalue weighted by atomic mass is 9.96. The lowest BCUT2D eigenvalue weighted by molar-refractivity contribution is 0.327. The van der Waals surface area contributed by atoms with Crippen LogP contribution in [0.4, 0.5) is 0 Å². The Morgan fingerprint density at radius 1 is 1.35 bits per heavy atom. The predicted molar refractivity (Wildman–Crippen MR) is 86.2 cm³/mol. The number of hydrogen-bond donors (Lipinski definition) is 2. The third-order valence-corrected chi connectivity index (χ3v) is 5.97. The minimum Gasteiger partial charge on any atom is -0.315 e. The SMILES string of the molecule is CSc1ccccc1S(=O)(=O)NC1CNCCC1C.Cl. The smallest absolute Gasteiger partial charge is 0.241 e. The fourth-order valence-corrected chi connectivity index (χ4v) is 4.75. The van der Waals surface area contributed by atoms with Crippen molar-refractivity contribution in [1.82, 2.24) is 10.0 Å². The van der Waals surface area contributed by atoms with Crippen LogP contribution in [-0.2, 0) is 10.0 Å². The first-order valence-electron chi connectivity index (χ1n) is 6.40. The van der Waals surface area contributed by atoms with Crippen LogP contribution in [0.15, 0.2) is 34.1 Å². The molecule has 2 unspecified atom stereocenters. The summed E-state index contributed by atoms with van der Waals surface area (Å²) in [5.41, 5.74) is 0. The second kappa shape index (κ2) is 7.66. The summed E-state index contributed by atoms with van der Waals surface area (Å²) in [7, 11) is -3.45. The normalized spacial score (nSPS) is 23.1. The molecule has 0 saturated carbocycles. The number of thioether (sulfide) groups is 1. The highest BCUT2D eigenvalue weighted by atomic mass is 35.5. The predicted octanol–water partition coefficient (Wildman–Crippen LogP) is 2.11. The van der Waals surface area contributed by atoms with Gasteiger partial charge < -0.3 is 5.32 Å². The second-order valence-electron chi connectivity index (χ2n) is 4.85. The van der Waals surface area contributed by atoms with Gasteiger partial charge in [0.2, 0.25) is 10.0 Å². The van der Waals surface area contributed by atoms with Gasteiger partial charge in [0.15, 0.2) is 0 Å². The van der Waals surface area contributed by atoms with Gasteiger partial charge in [-0.15, -0.1) is 24.2 Å². The molecule has 1 fully saturated rings. The van der Waals surface area contributed by atoms with E-state index in [2.05, 4.69) is 17.0 Å². The van der Waals surface area contributed by atoms with Crippen molar-refractivity contribution < 1.29 is 8.42 Å². The molecule has 114 valence electrons. The van der Waals surface area contributed by atoms with Crippen LogP contribution >= 0.6 is 24.2 Å². The number of hydrogen-bond acceptors (Lipinski definition) is 4. The van der Waals surface area contributed by atoms with E-state index in [4.69, 9.17) is 0 Å². The second-order valence-corrected chi connectivity index (χ2v) is 7.38. The van der Waals surface area contributed by atoms with Crippen LogP contribution in [0.1, 0.15) is 13.3 Å². The molecule has 1 aromatic rings. The molecule has 1 saturated heterocycles. The lowest BCUT2D eigenvalue weighted by Gasteiger charge is -2.30. The van der Waals surface area contributed by atoms with Gasteiger partial charge in [-0.05, 0) is 37.3 Å². The molecule has 2 rings (SSSR count). The zero-order valence-electron chi connectivity index (χ0n) is 11.6. The highest BCUT2D eigenvalue weighted by Crippen LogP contribution is 2.25. The van der Waals surface area contributed by atoms with Crippen LogP contribution in [0.25, 0.3) is 0 Å². The standard InChI is InChI=1S/C13H20N2O2S2.ClH/c1-10-7-8-14-9-11(10)15-19(16,17)13-6-4-3-5-12(13)18-2;/h3-6,10-11,14-15H,7-9H2,1-2H3;1H. The monoisotopic (exact) mass is 336 g/mol. The first-order valence-corrected chi connectivity index (χ1v) is 9.11. The molecule has 4 nitrogen and oxygen atoms in total. The Labute approximate surface area is 131 Å². The molecule has 0 radical (unpaired) electrons. The van der Waals surface area contributed by atoms with E-state index in [9.17, 15) is 8.42 Å². The minimum absolute atomic E-state index is 0. The minimum atomic E-state index is -3.45.